The molecule has 0 spiro atoms. The lowest BCUT2D eigenvalue weighted by Crippen LogP contribution is -2.40. The summed E-state index contributed by atoms with van der Waals surface area (Å²) in [6.07, 6.45) is 6.92. The van der Waals surface area contributed by atoms with Crippen molar-refractivity contribution < 1.29 is 14.3 Å². The van der Waals surface area contributed by atoms with E-state index in [1.807, 2.05) is 18.2 Å². The molecule has 0 radical (unpaired) electrons. The Morgan fingerprint density at radius 1 is 1.25 bits per heavy atom. The van der Waals surface area contributed by atoms with Gasteiger partial charge in [0.25, 0.3) is 0 Å². The maximum absolute atomic E-state index is 12.4. The molecule has 2 fully saturated rings. The van der Waals surface area contributed by atoms with Gasteiger partial charge in [-0.05, 0) is 51.1 Å². The first-order chi connectivity index (χ1) is 11.8. The average molecular weight is 332 g/mol. The van der Waals surface area contributed by atoms with Gasteiger partial charge in [-0.15, -0.1) is 0 Å². The zero-order valence-corrected chi connectivity index (χ0v) is 14.5. The first-order valence-electron chi connectivity index (χ1n) is 9.09. The van der Waals surface area contributed by atoms with Gasteiger partial charge in [-0.1, -0.05) is 12.1 Å². The van der Waals surface area contributed by atoms with Gasteiger partial charge in [0.1, 0.15) is 0 Å². The topological polar surface area (TPSA) is 59.6 Å². The number of para-hydroxylation sites is 1. The van der Waals surface area contributed by atoms with Crippen molar-refractivity contribution in [3.63, 3.8) is 0 Å². The third-order valence-electron chi connectivity index (χ3n) is 4.99. The summed E-state index contributed by atoms with van der Waals surface area (Å²) >= 11 is 0. The van der Waals surface area contributed by atoms with Gasteiger partial charge in [-0.2, -0.15) is 0 Å². The van der Waals surface area contributed by atoms with Crippen LogP contribution in [0.15, 0.2) is 18.2 Å². The predicted octanol–water partition coefficient (Wildman–Crippen LogP) is 2.63. The lowest BCUT2D eigenvalue weighted by atomic mass is 9.99. The molecule has 3 rings (SSSR count). The highest BCUT2D eigenvalue weighted by Gasteiger charge is 2.23. The van der Waals surface area contributed by atoms with Crippen LogP contribution in [0.5, 0.6) is 11.5 Å². The molecule has 1 aromatic rings. The van der Waals surface area contributed by atoms with Gasteiger partial charge in [0, 0.05) is 18.7 Å². The fraction of sp³-hybridized carbons (Fsp3) is 0.632. The molecular formula is C19H28N2O3. The maximum atomic E-state index is 12.4. The van der Waals surface area contributed by atoms with Gasteiger partial charge in [-0.25, -0.2) is 0 Å². The van der Waals surface area contributed by atoms with Gasteiger partial charge in [0.15, 0.2) is 11.5 Å². The van der Waals surface area contributed by atoms with Gasteiger partial charge in [0.05, 0.1) is 19.1 Å². The molecule has 24 heavy (non-hydrogen) atoms. The summed E-state index contributed by atoms with van der Waals surface area (Å²) in [4.78, 5) is 12.4. The molecule has 1 atom stereocenters. The number of rotatable bonds is 6. The minimum atomic E-state index is 0.0727. The Morgan fingerprint density at radius 3 is 2.79 bits per heavy atom. The number of methoxy groups -OCH3 is 1. The van der Waals surface area contributed by atoms with Crippen LogP contribution in [-0.2, 0) is 11.3 Å². The van der Waals surface area contributed by atoms with Crippen molar-refractivity contribution in [2.45, 2.75) is 51.2 Å². The molecule has 1 saturated carbocycles. The van der Waals surface area contributed by atoms with E-state index in [9.17, 15) is 4.79 Å². The first-order valence-corrected chi connectivity index (χ1v) is 9.09. The smallest absolute Gasteiger partial charge is 0.224 e. The predicted molar refractivity (Wildman–Crippen MR) is 93.3 cm³/mol. The summed E-state index contributed by atoms with van der Waals surface area (Å²) in [6, 6.07) is 5.87. The van der Waals surface area contributed by atoms with Crippen LogP contribution in [0.2, 0.25) is 0 Å². The fourth-order valence-electron chi connectivity index (χ4n) is 3.57. The molecule has 1 aromatic carbocycles. The Morgan fingerprint density at radius 2 is 2.08 bits per heavy atom. The van der Waals surface area contributed by atoms with Gasteiger partial charge < -0.3 is 20.1 Å². The van der Waals surface area contributed by atoms with Crippen LogP contribution in [-0.4, -0.2) is 32.2 Å². The number of hydrogen-bond acceptors (Lipinski definition) is 4. The third kappa shape index (κ3) is 4.20. The fourth-order valence-corrected chi connectivity index (χ4v) is 3.57. The van der Waals surface area contributed by atoms with E-state index in [2.05, 4.69) is 10.6 Å². The molecule has 1 unspecified atom stereocenters. The van der Waals surface area contributed by atoms with Crippen LogP contribution >= 0.6 is 0 Å². The van der Waals surface area contributed by atoms with Crippen LogP contribution in [0.1, 0.15) is 44.1 Å². The summed E-state index contributed by atoms with van der Waals surface area (Å²) in [5, 5.41) is 6.36. The second-order valence-corrected chi connectivity index (χ2v) is 6.73. The van der Waals surface area contributed by atoms with E-state index in [0.29, 0.717) is 6.54 Å². The number of nitrogens with one attached hydrogen (secondary N) is 2. The highest BCUT2D eigenvalue weighted by molar-refractivity contribution is 5.79. The summed E-state index contributed by atoms with van der Waals surface area (Å²) in [7, 11) is 1.66. The monoisotopic (exact) mass is 332 g/mol. The van der Waals surface area contributed by atoms with Crippen molar-refractivity contribution in [1.82, 2.24) is 10.6 Å². The number of ether oxygens (including phenoxy) is 2. The Balaban J connectivity index is 1.66. The minimum absolute atomic E-state index is 0.0727. The van der Waals surface area contributed by atoms with Crippen molar-refractivity contribution >= 4 is 5.91 Å². The Labute approximate surface area is 144 Å². The number of benzene rings is 1. The quantitative estimate of drug-likeness (QED) is 0.841. The molecule has 1 heterocycles. The normalized spacial score (nSPS) is 21.5. The number of carbonyl (C=O) groups excluding carboxylic acids is 1. The van der Waals surface area contributed by atoms with E-state index in [1.54, 1.807) is 7.11 Å². The van der Waals surface area contributed by atoms with E-state index in [0.717, 1.165) is 55.8 Å². The van der Waals surface area contributed by atoms with Crippen LogP contribution < -0.4 is 20.1 Å². The highest BCUT2D eigenvalue weighted by Crippen LogP contribution is 2.34. The van der Waals surface area contributed by atoms with Gasteiger partial charge in [-0.3, -0.25) is 4.79 Å². The summed E-state index contributed by atoms with van der Waals surface area (Å²) in [5.74, 6) is 1.72. The first kappa shape index (κ1) is 17.1. The zero-order valence-electron chi connectivity index (χ0n) is 14.5. The number of hydrogen-bond donors (Lipinski definition) is 2. The second kappa shape index (κ2) is 8.38. The Bertz CT molecular complexity index is 550. The van der Waals surface area contributed by atoms with E-state index in [1.165, 1.54) is 12.8 Å². The molecule has 0 bridgehead atoms. The van der Waals surface area contributed by atoms with Crippen LogP contribution in [0, 0.1) is 5.92 Å². The summed E-state index contributed by atoms with van der Waals surface area (Å²) < 4.78 is 11.7. The molecular weight excluding hydrogens is 304 g/mol. The van der Waals surface area contributed by atoms with Gasteiger partial charge in [0.2, 0.25) is 5.91 Å². The Hall–Kier alpha value is -1.75. The van der Waals surface area contributed by atoms with Crippen molar-refractivity contribution in [1.29, 1.82) is 0 Å². The second-order valence-electron chi connectivity index (χ2n) is 6.73. The molecule has 5 nitrogen and oxygen atoms in total. The van der Waals surface area contributed by atoms with Crippen LogP contribution in [0.3, 0.4) is 0 Å². The van der Waals surface area contributed by atoms with Crippen LogP contribution in [0.4, 0.5) is 0 Å². The van der Waals surface area contributed by atoms with E-state index in [-0.39, 0.29) is 17.9 Å². The van der Waals surface area contributed by atoms with E-state index in [4.69, 9.17) is 9.47 Å². The van der Waals surface area contributed by atoms with Crippen molar-refractivity contribution in [2.75, 3.05) is 20.2 Å². The standard InChI is InChI=1S/C19H28N2O3/c1-23-17-10-4-6-14(18(17)24-16-8-2-3-9-16)13-21-19(22)15-7-5-11-20-12-15/h4,6,10,15-16,20H,2-3,5,7-9,11-13H2,1H3,(H,21,22). The molecule has 1 aliphatic carbocycles. The molecule has 2 aliphatic rings. The molecule has 132 valence electrons. The average Bonchev–Trinajstić information content (AvgIpc) is 3.14. The van der Waals surface area contributed by atoms with Crippen molar-refractivity contribution in [3.05, 3.63) is 23.8 Å². The van der Waals surface area contributed by atoms with Gasteiger partial charge >= 0.3 is 0 Å². The molecule has 1 amide bonds. The summed E-state index contributed by atoms with van der Waals surface area (Å²) in [6.45, 7) is 2.27. The summed E-state index contributed by atoms with van der Waals surface area (Å²) in [5.41, 5.74) is 0.985. The Kier molecular flexibility index (Phi) is 5.96. The molecule has 2 N–H and O–H groups in total. The maximum Gasteiger partial charge on any atom is 0.224 e. The largest absolute Gasteiger partial charge is 0.493 e. The zero-order chi connectivity index (χ0) is 16.8. The van der Waals surface area contributed by atoms with Crippen molar-refractivity contribution in [2.24, 2.45) is 5.92 Å². The number of amides is 1. The lowest BCUT2D eigenvalue weighted by molar-refractivity contribution is -0.125. The lowest BCUT2D eigenvalue weighted by Gasteiger charge is -2.23. The van der Waals surface area contributed by atoms with Crippen molar-refractivity contribution in [3.8, 4) is 11.5 Å². The SMILES string of the molecule is COc1cccc(CNC(=O)C2CCCNC2)c1OC1CCCC1. The molecule has 1 aliphatic heterocycles. The molecule has 5 heteroatoms. The third-order valence-corrected chi connectivity index (χ3v) is 4.99. The van der Waals surface area contributed by atoms with Crippen LogP contribution in [0.25, 0.3) is 0 Å². The number of piperidine rings is 1. The van der Waals surface area contributed by atoms with E-state index >= 15 is 0 Å². The number of carbonyl (C=O) groups is 1. The minimum Gasteiger partial charge on any atom is -0.493 e. The molecule has 1 saturated heterocycles. The molecule has 0 aromatic heterocycles. The van der Waals surface area contributed by atoms with E-state index < -0.39 is 0 Å². The highest BCUT2D eigenvalue weighted by atomic mass is 16.5.